The summed E-state index contributed by atoms with van der Waals surface area (Å²) in [5, 5.41) is 2.98. The molecule has 0 aromatic carbocycles. The van der Waals surface area contributed by atoms with Crippen LogP contribution >= 0.6 is 22.9 Å². The molecule has 0 amide bonds. The minimum Gasteiger partial charge on any atom is -0.373 e. The van der Waals surface area contributed by atoms with E-state index in [0.717, 1.165) is 14.9 Å². The van der Waals surface area contributed by atoms with Gasteiger partial charge in [0, 0.05) is 5.70 Å². The first-order valence-electron chi connectivity index (χ1n) is 3.36. The number of nitrogens with one attached hydrogen (secondary N) is 1. The van der Waals surface area contributed by atoms with E-state index in [0.29, 0.717) is 6.54 Å². The maximum absolute atomic E-state index is 5.75. The second kappa shape index (κ2) is 4.20. The molecule has 0 bridgehead atoms. The average molecular weight is 198 g/mol. The molecule has 0 atom stereocenters. The Labute approximate surface area is 81.1 Å². The van der Waals surface area contributed by atoms with Crippen LogP contribution in [0.15, 0.2) is 18.7 Å². The van der Waals surface area contributed by atoms with Gasteiger partial charge in [-0.2, -0.15) is 0 Å². The van der Waals surface area contributed by atoms with Crippen molar-refractivity contribution in [3.63, 3.8) is 0 Å². The van der Waals surface area contributed by atoms with Crippen molar-refractivity contribution in [1.29, 1.82) is 0 Å². The molecule has 0 aliphatic heterocycles. The van der Waals surface area contributed by atoms with Crippen molar-refractivity contribution in [1.82, 2.24) is 5.32 Å². The van der Waals surface area contributed by atoms with Gasteiger partial charge in [-0.05, 0) is 12.1 Å². The van der Waals surface area contributed by atoms with Gasteiger partial charge < -0.3 is 5.32 Å². The highest BCUT2D eigenvalue weighted by Crippen LogP contribution is 2.25. The largest absolute Gasteiger partial charge is 0.373 e. The van der Waals surface area contributed by atoms with Crippen molar-refractivity contribution in [3.05, 3.63) is 27.9 Å². The summed E-state index contributed by atoms with van der Waals surface area (Å²) in [5.74, 6) is 2.47. The summed E-state index contributed by atoms with van der Waals surface area (Å²) in [7, 11) is 0. The summed E-state index contributed by atoms with van der Waals surface area (Å²) in [6.45, 7) is 4.32. The molecule has 0 saturated carbocycles. The lowest BCUT2D eigenvalue weighted by atomic mass is 10.4. The summed E-state index contributed by atoms with van der Waals surface area (Å²) in [4.78, 5) is 1.02. The number of hydrogen-bond donors (Lipinski definition) is 1. The maximum atomic E-state index is 5.75. The Morgan fingerprint density at radius 1 is 1.75 bits per heavy atom. The lowest BCUT2D eigenvalue weighted by molar-refractivity contribution is 1.04. The standard InChI is InChI=1S/C9H8ClNS/c1-3-6-11-7(2)8-4-5-9(10)12-8/h1,4-5,11H,2,6H2. The van der Waals surface area contributed by atoms with Gasteiger partial charge >= 0.3 is 0 Å². The van der Waals surface area contributed by atoms with Crippen molar-refractivity contribution in [2.75, 3.05) is 6.54 Å². The van der Waals surface area contributed by atoms with Gasteiger partial charge in [0.1, 0.15) is 0 Å². The van der Waals surface area contributed by atoms with Crippen molar-refractivity contribution < 1.29 is 0 Å². The molecule has 0 fully saturated rings. The van der Waals surface area contributed by atoms with E-state index in [2.05, 4.69) is 17.8 Å². The van der Waals surface area contributed by atoms with Crippen LogP contribution in [0, 0.1) is 12.3 Å². The lowest BCUT2D eigenvalue weighted by Gasteiger charge is -2.01. The Kier molecular flexibility index (Phi) is 3.21. The van der Waals surface area contributed by atoms with Crippen LogP contribution in [0.1, 0.15) is 4.88 Å². The maximum Gasteiger partial charge on any atom is 0.0935 e. The number of hydrogen-bond acceptors (Lipinski definition) is 2. The molecule has 1 heterocycles. The van der Waals surface area contributed by atoms with Crippen LogP contribution in [0.25, 0.3) is 5.70 Å². The molecule has 0 radical (unpaired) electrons. The van der Waals surface area contributed by atoms with E-state index in [-0.39, 0.29) is 0 Å². The van der Waals surface area contributed by atoms with Crippen LogP contribution in [0.2, 0.25) is 4.34 Å². The molecule has 1 nitrogen and oxygen atoms in total. The fraction of sp³-hybridized carbons (Fsp3) is 0.111. The van der Waals surface area contributed by atoms with E-state index in [1.54, 1.807) is 0 Å². The molecule has 62 valence electrons. The van der Waals surface area contributed by atoms with Gasteiger partial charge in [-0.3, -0.25) is 0 Å². The van der Waals surface area contributed by atoms with Gasteiger partial charge in [0.2, 0.25) is 0 Å². The topological polar surface area (TPSA) is 12.0 Å². The Morgan fingerprint density at radius 3 is 3.00 bits per heavy atom. The summed E-state index contributed by atoms with van der Waals surface area (Å²) >= 11 is 7.23. The van der Waals surface area contributed by atoms with Gasteiger partial charge in [-0.15, -0.1) is 17.8 Å². The quantitative estimate of drug-likeness (QED) is 0.735. The second-order valence-electron chi connectivity index (χ2n) is 2.14. The molecular formula is C9H8ClNS. The zero-order chi connectivity index (χ0) is 8.97. The third-order valence-electron chi connectivity index (χ3n) is 1.27. The van der Waals surface area contributed by atoms with E-state index in [4.69, 9.17) is 18.0 Å². The minimum atomic E-state index is 0.494. The highest BCUT2D eigenvalue weighted by molar-refractivity contribution is 7.17. The van der Waals surface area contributed by atoms with E-state index in [9.17, 15) is 0 Å². The third kappa shape index (κ3) is 2.30. The van der Waals surface area contributed by atoms with Crippen LogP contribution in [-0.4, -0.2) is 6.54 Å². The van der Waals surface area contributed by atoms with Crippen LogP contribution in [0.4, 0.5) is 0 Å². The summed E-state index contributed by atoms with van der Waals surface area (Å²) in [5.41, 5.74) is 0.824. The average Bonchev–Trinajstić information content (AvgIpc) is 2.47. The molecule has 1 aromatic rings. The summed E-state index contributed by atoms with van der Waals surface area (Å²) in [6.07, 6.45) is 5.08. The number of rotatable bonds is 3. The van der Waals surface area contributed by atoms with E-state index >= 15 is 0 Å². The molecule has 12 heavy (non-hydrogen) atoms. The molecule has 1 N–H and O–H groups in total. The van der Waals surface area contributed by atoms with Crippen molar-refractivity contribution in [2.45, 2.75) is 0 Å². The SMILES string of the molecule is C#CCNC(=C)c1ccc(Cl)s1. The van der Waals surface area contributed by atoms with Crippen molar-refractivity contribution in [2.24, 2.45) is 0 Å². The Morgan fingerprint density at radius 2 is 2.50 bits per heavy atom. The Hall–Kier alpha value is -0.910. The predicted octanol–water partition coefficient (Wildman–Crippen LogP) is 2.60. The van der Waals surface area contributed by atoms with Crippen LogP contribution in [-0.2, 0) is 0 Å². The van der Waals surface area contributed by atoms with Crippen molar-refractivity contribution in [3.8, 4) is 12.3 Å². The molecule has 0 spiro atoms. The second-order valence-corrected chi connectivity index (χ2v) is 3.86. The summed E-state index contributed by atoms with van der Waals surface area (Å²) in [6, 6.07) is 3.75. The van der Waals surface area contributed by atoms with E-state index in [1.807, 2.05) is 12.1 Å². The fourth-order valence-corrected chi connectivity index (χ4v) is 1.71. The Balaban J connectivity index is 2.61. The smallest absolute Gasteiger partial charge is 0.0935 e. The number of terminal acetylenes is 1. The molecule has 3 heteroatoms. The Bertz CT molecular complexity index is 322. The van der Waals surface area contributed by atoms with E-state index < -0.39 is 0 Å². The van der Waals surface area contributed by atoms with Gasteiger partial charge in [0.15, 0.2) is 0 Å². The van der Waals surface area contributed by atoms with E-state index in [1.165, 1.54) is 11.3 Å². The monoisotopic (exact) mass is 197 g/mol. The molecule has 0 aliphatic rings. The van der Waals surface area contributed by atoms with Crippen LogP contribution in [0.5, 0.6) is 0 Å². The minimum absolute atomic E-state index is 0.494. The lowest BCUT2D eigenvalue weighted by Crippen LogP contribution is -2.09. The summed E-state index contributed by atoms with van der Waals surface area (Å²) < 4.78 is 0.758. The van der Waals surface area contributed by atoms with Gasteiger partial charge in [0.05, 0.1) is 15.8 Å². The highest BCUT2D eigenvalue weighted by atomic mass is 35.5. The zero-order valence-electron chi connectivity index (χ0n) is 6.43. The van der Waals surface area contributed by atoms with Gasteiger partial charge in [0.25, 0.3) is 0 Å². The van der Waals surface area contributed by atoms with Gasteiger partial charge in [-0.1, -0.05) is 24.1 Å². The fourth-order valence-electron chi connectivity index (χ4n) is 0.721. The highest BCUT2D eigenvalue weighted by Gasteiger charge is 2.00. The molecule has 0 saturated heterocycles. The van der Waals surface area contributed by atoms with Gasteiger partial charge in [-0.25, -0.2) is 0 Å². The predicted molar refractivity (Wildman–Crippen MR) is 55.2 cm³/mol. The number of halogens is 1. The zero-order valence-corrected chi connectivity index (χ0v) is 8.00. The molecule has 1 aromatic heterocycles. The third-order valence-corrected chi connectivity index (χ3v) is 2.57. The molecule has 1 rings (SSSR count). The van der Waals surface area contributed by atoms with Crippen LogP contribution < -0.4 is 5.32 Å². The van der Waals surface area contributed by atoms with Crippen LogP contribution in [0.3, 0.4) is 0 Å². The molecular weight excluding hydrogens is 190 g/mol. The first kappa shape index (κ1) is 9.18. The number of thiophene rings is 1. The first-order valence-corrected chi connectivity index (χ1v) is 4.55. The molecule has 0 aliphatic carbocycles. The first-order chi connectivity index (χ1) is 5.74. The molecule has 0 unspecified atom stereocenters. The van der Waals surface area contributed by atoms with Crippen molar-refractivity contribution >= 4 is 28.6 Å². The normalized spacial score (nSPS) is 9.00.